The van der Waals surface area contributed by atoms with Gasteiger partial charge in [-0.1, -0.05) is 6.92 Å². The third-order valence-electron chi connectivity index (χ3n) is 1.33. The van der Waals surface area contributed by atoms with E-state index in [9.17, 15) is 4.79 Å². The lowest BCUT2D eigenvalue weighted by molar-refractivity contribution is -0.142. The zero-order valence-corrected chi connectivity index (χ0v) is 6.35. The fraction of sp³-hybridized carbons (Fsp3) is 0.800. The molecular weight excluding hydrogens is 138 g/mol. The molecule has 0 spiro atoms. The number of hydrogen-bond acceptors (Lipinski definition) is 3. The van der Waals surface area contributed by atoms with Crippen molar-refractivity contribution < 1.29 is 9.90 Å². The summed E-state index contributed by atoms with van der Waals surface area (Å²) in [6.45, 7) is 3.09. The third kappa shape index (κ3) is 1.87. The smallest absolute Gasteiger partial charge is 0.324 e. The summed E-state index contributed by atoms with van der Waals surface area (Å²) in [5, 5.41) is 8.10. The number of rotatable bonds is 2. The molecule has 0 amide bonds. The number of carboxylic acids is 1. The third-order valence-corrected chi connectivity index (χ3v) is 1.87. The molecule has 0 aliphatic heterocycles. The van der Waals surface area contributed by atoms with Crippen molar-refractivity contribution in [1.82, 2.24) is 0 Å². The predicted molar refractivity (Wildman–Crippen MR) is 38.7 cm³/mol. The van der Waals surface area contributed by atoms with Gasteiger partial charge in [-0.25, -0.2) is 0 Å². The molecule has 3 nitrogen and oxygen atoms in total. The molecule has 2 unspecified atom stereocenters. The molecule has 0 aromatic heterocycles. The van der Waals surface area contributed by atoms with Crippen molar-refractivity contribution in [3.05, 3.63) is 0 Å². The molecule has 0 aromatic carbocycles. The minimum Gasteiger partial charge on any atom is -0.480 e. The van der Waals surface area contributed by atoms with Crippen molar-refractivity contribution in [3.8, 4) is 0 Å². The van der Waals surface area contributed by atoms with E-state index in [2.05, 4.69) is 12.6 Å². The second-order valence-electron chi connectivity index (χ2n) is 2.26. The Balaban J connectivity index is 4.19. The molecule has 4 heteroatoms. The maximum absolute atomic E-state index is 10.3. The highest BCUT2D eigenvalue weighted by molar-refractivity contribution is 7.81. The van der Waals surface area contributed by atoms with Crippen molar-refractivity contribution in [1.29, 1.82) is 0 Å². The molecular formula is C5H11NO2S. The lowest BCUT2D eigenvalue weighted by Crippen LogP contribution is -2.51. The molecule has 0 aliphatic carbocycles. The van der Waals surface area contributed by atoms with Crippen LogP contribution < -0.4 is 5.73 Å². The highest BCUT2D eigenvalue weighted by Gasteiger charge is 2.32. The average molecular weight is 149 g/mol. The molecule has 3 N–H and O–H groups in total. The molecule has 0 aromatic rings. The fourth-order valence-electron chi connectivity index (χ4n) is 0.179. The van der Waals surface area contributed by atoms with Gasteiger partial charge in [-0.05, 0) is 6.92 Å². The average Bonchev–Trinajstić information content (AvgIpc) is 1.65. The van der Waals surface area contributed by atoms with E-state index < -0.39 is 11.5 Å². The standard InChI is InChI=1S/C5H11NO2S/c1-3(9)5(2,6)4(7)8/h3,9H,6H2,1-2H3,(H,7,8). The number of aliphatic carboxylic acids is 1. The van der Waals surface area contributed by atoms with Gasteiger partial charge in [0.05, 0.1) is 0 Å². The van der Waals surface area contributed by atoms with Crippen molar-refractivity contribution in [2.45, 2.75) is 24.6 Å². The first-order valence-corrected chi connectivity index (χ1v) is 3.11. The number of nitrogens with two attached hydrogens (primary N) is 1. The second-order valence-corrected chi connectivity index (χ2v) is 3.04. The Hall–Kier alpha value is -0.220. The summed E-state index contributed by atoms with van der Waals surface area (Å²) < 4.78 is 0. The molecule has 0 radical (unpaired) electrons. The topological polar surface area (TPSA) is 63.3 Å². The van der Waals surface area contributed by atoms with Gasteiger partial charge in [0.25, 0.3) is 0 Å². The minimum absolute atomic E-state index is 0.338. The second kappa shape index (κ2) is 2.58. The first-order valence-electron chi connectivity index (χ1n) is 2.59. The molecule has 54 valence electrons. The molecule has 0 saturated heterocycles. The van der Waals surface area contributed by atoms with Crippen LogP contribution in [0, 0.1) is 0 Å². The van der Waals surface area contributed by atoms with E-state index in [1.54, 1.807) is 6.92 Å². The Morgan fingerprint density at radius 2 is 2.22 bits per heavy atom. The van der Waals surface area contributed by atoms with Gasteiger partial charge >= 0.3 is 5.97 Å². The van der Waals surface area contributed by atoms with E-state index in [-0.39, 0.29) is 5.25 Å². The van der Waals surface area contributed by atoms with Crippen LogP contribution in [0.5, 0.6) is 0 Å². The van der Waals surface area contributed by atoms with Crippen molar-refractivity contribution >= 4 is 18.6 Å². The highest BCUT2D eigenvalue weighted by Crippen LogP contribution is 2.11. The van der Waals surface area contributed by atoms with Crippen molar-refractivity contribution in [2.24, 2.45) is 5.73 Å². The zero-order chi connectivity index (χ0) is 7.65. The van der Waals surface area contributed by atoms with Gasteiger partial charge in [0.15, 0.2) is 0 Å². The molecule has 0 bridgehead atoms. The monoisotopic (exact) mass is 149 g/mol. The number of hydrogen-bond donors (Lipinski definition) is 3. The van der Waals surface area contributed by atoms with Crippen LogP contribution in [0.1, 0.15) is 13.8 Å². The lowest BCUT2D eigenvalue weighted by Gasteiger charge is -2.22. The summed E-state index contributed by atoms with van der Waals surface area (Å²) in [6, 6.07) is 0. The number of thiol groups is 1. The van der Waals surface area contributed by atoms with Crippen LogP contribution in [0.25, 0.3) is 0 Å². The van der Waals surface area contributed by atoms with Gasteiger partial charge in [-0.3, -0.25) is 4.79 Å². The van der Waals surface area contributed by atoms with Gasteiger partial charge in [-0.15, -0.1) is 0 Å². The van der Waals surface area contributed by atoms with E-state index in [1.807, 2.05) is 0 Å². The lowest BCUT2D eigenvalue weighted by atomic mass is 10.0. The van der Waals surface area contributed by atoms with E-state index in [0.29, 0.717) is 0 Å². The van der Waals surface area contributed by atoms with Crippen LogP contribution in [0.15, 0.2) is 0 Å². The van der Waals surface area contributed by atoms with Crippen LogP contribution in [0.2, 0.25) is 0 Å². The van der Waals surface area contributed by atoms with Gasteiger partial charge in [0, 0.05) is 5.25 Å². The highest BCUT2D eigenvalue weighted by atomic mass is 32.1. The summed E-state index contributed by atoms with van der Waals surface area (Å²) in [4.78, 5) is 10.3. The number of carbonyl (C=O) groups is 1. The van der Waals surface area contributed by atoms with Crippen LogP contribution in [0.3, 0.4) is 0 Å². The summed E-state index contributed by atoms with van der Waals surface area (Å²) in [6.07, 6.45) is 0. The molecule has 0 rings (SSSR count). The first-order chi connectivity index (χ1) is 3.89. The summed E-state index contributed by atoms with van der Waals surface area (Å²) in [7, 11) is 0. The maximum atomic E-state index is 10.3. The SMILES string of the molecule is CC(S)C(C)(N)C(=O)O. The molecule has 0 heterocycles. The van der Waals surface area contributed by atoms with E-state index in [0.717, 1.165) is 0 Å². The van der Waals surface area contributed by atoms with E-state index in [1.165, 1.54) is 6.92 Å². The van der Waals surface area contributed by atoms with Gasteiger partial charge in [-0.2, -0.15) is 12.6 Å². The molecule has 2 atom stereocenters. The van der Waals surface area contributed by atoms with Crippen LogP contribution in [0.4, 0.5) is 0 Å². The largest absolute Gasteiger partial charge is 0.480 e. The molecule has 0 saturated carbocycles. The first kappa shape index (κ1) is 8.78. The van der Waals surface area contributed by atoms with E-state index >= 15 is 0 Å². The Labute approximate surface area is 59.6 Å². The summed E-state index contributed by atoms with van der Waals surface area (Å²) >= 11 is 3.91. The Morgan fingerprint density at radius 3 is 2.22 bits per heavy atom. The van der Waals surface area contributed by atoms with Crippen molar-refractivity contribution in [3.63, 3.8) is 0 Å². The zero-order valence-electron chi connectivity index (χ0n) is 5.46. The van der Waals surface area contributed by atoms with Gasteiger partial charge < -0.3 is 10.8 Å². The number of carboxylic acid groups (broad SMARTS) is 1. The molecule has 0 aliphatic rings. The van der Waals surface area contributed by atoms with Crippen LogP contribution >= 0.6 is 12.6 Å². The minimum atomic E-state index is -1.22. The quantitative estimate of drug-likeness (QED) is 0.488. The summed E-state index contributed by atoms with van der Waals surface area (Å²) in [5.74, 6) is -1.02. The maximum Gasteiger partial charge on any atom is 0.324 e. The van der Waals surface area contributed by atoms with Gasteiger partial charge in [0.1, 0.15) is 5.54 Å². The summed E-state index contributed by atoms with van der Waals surface area (Å²) in [5.41, 5.74) is 4.11. The Morgan fingerprint density at radius 1 is 1.89 bits per heavy atom. The van der Waals surface area contributed by atoms with Crippen LogP contribution in [-0.2, 0) is 4.79 Å². The fourth-order valence-corrected chi connectivity index (χ4v) is 0.289. The molecule has 0 fully saturated rings. The Bertz CT molecular complexity index is 122. The Kier molecular flexibility index (Phi) is 2.51. The molecule has 9 heavy (non-hydrogen) atoms. The van der Waals surface area contributed by atoms with E-state index in [4.69, 9.17) is 10.8 Å². The van der Waals surface area contributed by atoms with Crippen LogP contribution in [-0.4, -0.2) is 21.9 Å². The van der Waals surface area contributed by atoms with Gasteiger partial charge in [0.2, 0.25) is 0 Å². The predicted octanol–water partition coefficient (Wildman–Crippen LogP) is 0.107. The van der Waals surface area contributed by atoms with Crippen molar-refractivity contribution in [2.75, 3.05) is 0 Å². The normalized spacial score (nSPS) is 20.4.